The number of hydrogen-bond donors (Lipinski definition) is 3. The molecule has 3 aromatic rings. The number of aromatic hydroxyl groups is 1. The normalized spacial score (nSPS) is 23.7. The standard InChI is InChI=1S/C31H36O8/c1-35-11-5-8-27-28(30(34)23-15-21(36-2)9-10-26(23)39-27)25-17-38-31-19(12-18-6-4-7-20(32)13-18)14-22(37-3)16-24(31)29(25)33/h4,6-7,9-10,13-16,25,27-30,32-34H,5,8,11-12,17H2,1-3H3/t25-,27+,28-,29-,30+/m1/s1. The summed E-state index contributed by atoms with van der Waals surface area (Å²) in [5, 5.41) is 33.4. The lowest BCUT2D eigenvalue weighted by Crippen LogP contribution is -2.46. The van der Waals surface area contributed by atoms with Crippen LogP contribution in [-0.2, 0) is 11.2 Å². The van der Waals surface area contributed by atoms with Crippen LogP contribution in [0.15, 0.2) is 54.6 Å². The van der Waals surface area contributed by atoms with Crippen molar-refractivity contribution in [3.63, 3.8) is 0 Å². The zero-order valence-corrected chi connectivity index (χ0v) is 22.5. The molecule has 0 unspecified atom stereocenters. The number of methoxy groups -OCH3 is 3. The minimum atomic E-state index is -0.924. The Bertz CT molecular complexity index is 1290. The molecule has 0 radical (unpaired) electrons. The highest BCUT2D eigenvalue weighted by Gasteiger charge is 2.47. The molecule has 8 nitrogen and oxygen atoms in total. The highest BCUT2D eigenvalue weighted by atomic mass is 16.5. The Morgan fingerprint density at radius 2 is 1.69 bits per heavy atom. The molecule has 0 saturated carbocycles. The predicted octanol–water partition coefficient (Wildman–Crippen LogP) is 4.58. The van der Waals surface area contributed by atoms with Crippen LogP contribution in [0.4, 0.5) is 0 Å². The van der Waals surface area contributed by atoms with Crippen molar-refractivity contribution < 1.29 is 39.0 Å². The fourth-order valence-corrected chi connectivity index (χ4v) is 5.87. The summed E-state index contributed by atoms with van der Waals surface area (Å²) in [5.41, 5.74) is 3.00. The van der Waals surface area contributed by atoms with E-state index in [0.717, 1.165) is 17.5 Å². The molecular weight excluding hydrogens is 500 g/mol. The lowest BCUT2D eigenvalue weighted by molar-refractivity contribution is -0.0889. The van der Waals surface area contributed by atoms with Gasteiger partial charge in [0.2, 0.25) is 0 Å². The molecule has 0 aliphatic carbocycles. The summed E-state index contributed by atoms with van der Waals surface area (Å²) >= 11 is 0. The van der Waals surface area contributed by atoms with Crippen LogP contribution in [0.2, 0.25) is 0 Å². The Morgan fingerprint density at radius 3 is 2.44 bits per heavy atom. The van der Waals surface area contributed by atoms with E-state index in [9.17, 15) is 15.3 Å². The van der Waals surface area contributed by atoms with Gasteiger partial charge in [-0.2, -0.15) is 0 Å². The van der Waals surface area contributed by atoms with Crippen LogP contribution in [0.5, 0.6) is 28.7 Å². The number of fused-ring (bicyclic) bond motifs is 2. The smallest absolute Gasteiger partial charge is 0.128 e. The van der Waals surface area contributed by atoms with Crippen LogP contribution in [-0.4, -0.2) is 56.0 Å². The Morgan fingerprint density at radius 1 is 0.897 bits per heavy atom. The molecule has 0 fully saturated rings. The molecule has 0 amide bonds. The number of phenols is 1. The van der Waals surface area contributed by atoms with Crippen molar-refractivity contribution in [1.29, 1.82) is 0 Å². The number of aliphatic hydroxyl groups is 2. The molecule has 3 aromatic carbocycles. The highest BCUT2D eigenvalue weighted by Crippen LogP contribution is 2.51. The summed E-state index contributed by atoms with van der Waals surface area (Å²) in [6.45, 7) is 0.777. The maximum absolute atomic E-state index is 11.8. The van der Waals surface area contributed by atoms with Crippen LogP contribution in [0.1, 0.15) is 47.3 Å². The molecule has 0 bridgehead atoms. The molecule has 2 aliphatic rings. The minimum absolute atomic E-state index is 0.188. The Kier molecular flexibility index (Phi) is 8.16. The fraction of sp³-hybridized carbons (Fsp3) is 0.419. The van der Waals surface area contributed by atoms with E-state index in [1.165, 1.54) is 0 Å². The van der Waals surface area contributed by atoms with Crippen LogP contribution < -0.4 is 18.9 Å². The van der Waals surface area contributed by atoms with Crippen molar-refractivity contribution in [1.82, 2.24) is 0 Å². The van der Waals surface area contributed by atoms with E-state index in [0.29, 0.717) is 53.6 Å². The number of ether oxygens (including phenoxy) is 5. The van der Waals surface area contributed by atoms with E-state index in [4.69, 9.17) is 23.7 Å². The third-order valence-electron chi connectivity index (χ3n) is 7.79. The summed E-state index contributed by atoms with van der Waals surface area (Å²) in [7, 11) is 4.83. The summed E-state index contributed by atoms with van der Waals surface area (Å²) in [6, 6.07) is 16.2. The third kappa shape index (κ3) is 5.50. The second-order valence-electron chi connectivity index (χ2n) is 10.2. The first-order chi connectivity index (χ1) is 18.9. The number of phenolic OH excluding ortho intramolecular Hbond substituents is 1. The first-order valence-corrected chi connectivity index (χ1v) is 13.2. The molecule has 0 aromatic heterocycles. The van der Waals surface area contributed by atoms with Gasteiger partial charge in [-0.15, -0.1) is 0 Å². The van der Waals surface area contributed by atoms with Gasteiger partial charge < -0.3 is 39.0 Å². The zero-order valence-electron chi connectivity index (χ0n) is 22.5. The second-order valence-corrected chi connectivity index (χ2v) is 10.2. The molecular formula is C31H36O8. The summed E-state index contributed by atoms with van der Waals surface area (Å²) in [5.74, 6) is 1.74. The van der Waals surface area contributed by atoms with Crippen molar-refractivity contribution in [3.05, 3.63) is 76.9 Å². The molecule has 0 spiro atoms. The van der Waals surface area contributed by atoms with Gasteiger partial charge in [0.15, 0.2) is 0 Å². The maximum Gasteiger partial charge on any atom is 0.128 e. The van der Waals surface area contributed by atoms with E-state index >= 15 is 0 Å². The van der Waals surface area contributed by atoms with Crippen molar-refractivity contribution in [2.24, 2.45) is 11.8 Å². The lowest BCUT2D eigenvalue weighted by Gasteiger charge is -2.44. The molecule has 208 valence electrons. The van der Waals surface area contributed by atoms with Crippen LogP contribution in [0.25, 0.3) is 0 Å². The quantitative estimate of drug-likeness (QED) is 0.341. The SMILES string of the molecule is COCCC[C@@H]1Oc2ccc(OC)cc2[C@H](O)[C@@H]1[C@H]1COc2c(Cc3cccc(O)c3)cc(OC)cc2[C@H]1O. The third-order valence-corrected chi connectivity index (χ3v) is 7.79. The van der Waals surface area contributed by atoms with Crippen molar-refractivity contribution in [2.45, 2.75) is 37.6 Å². The molecule has 39 heavy (non-hydrogen) atoms. The Labute approximate surface area is 228 Å². The van der Waals surface area contributed by atoms with E-state index in [1.807, 2.05) is 24.3 Å². The van der Waals surface area contributed by atoms with E-state index in [-0.39, 0.29) is 18.5 Å². The highest BCUT2D eigenvalue weighted by molar-refractivity contribution is 5.52. The largest absolute Gasteiger partial charge is 0.508 e. The van der Waals surface area contributed by atoms with Gasteiger partial charge in [-0.05, 0) is 60.9 Å². The average Bonchev–Trinajstić information content (AvgIpc) is 2.94. The molecule has 2 aliphatic heterocycles. The lowest BCUT2D eigenvalue weighted by atomic mass is 9.72. The van der Waals surface area contributed by atoms with E-state index < -0.39 is 24.0 Å². The summed E-state index contributed by atoms with van der Waals surface area (Å²) in [6.07, 6.45) is -0.271. The molecule has 2 heterocycles. The maximum atomic E-state index is 11.8. The molecule has 3 N–H and O–H groups in total. The van der Waals surface area contributed by atoms with E-state index in [2.05, 4.69) is 0 Å². The van der Waals surface area contributed by atoms with Crippen LogP contribution in [0.3, 0.4) is 0 Å². The van der Waals surface area contributed by atoms with Crippen LogP contribution in [0, 0.1) is 11.8 Å². The van der Waals surface area contributed by atoms with Gasteiger partial charge in [-0.1, -0.05) is 12.1 Å². The summed E-state index contributed by atoms with van der Waals surface area (Å²) < 4.78 is 29.0. The predicted molar refractivity (Wildman–Crippen MR) is 145 cm³/mol. The zero-order chi connectivity index (χ0) is 27.5. The molecule has 8 heteroatoms. The van der Waals surface area contributed by atoms with Crippen molar-refractivity contribution >= 4 is 0 Å². The van der Waals surface area contributed by atoms with Gasteiger partial charge in [-0.25, -0.2) is 0 Å². The first-order valence-electron chi connectivity index (χ1n) is 13.2. The number of aliphatic hydroxyl groups excluding tert-OH is 2. The average molecular weight is 537 g/mol. The van der Waals surface area contributed by atoms with E-state index in [1.54, 1.807) is 51.7 Å². The number of hydrogen-bond acceptors (Lipinski definition) is 8. The second kappa shape index (κ2) is 11.7. The van der Waals surface area contributed by atoms with Gasteiger partial charge >= 0.3 is 0 Å². The monoisotopic (exact) mass is 536 g/mol. The van der Waals surface area contributed by atoms with Crippen molar-refractivity contribution in [3.8, 4) is 28.7 Å². The summed E-state index contributed by atoms with van der Waals surface area (Å²) in [4.78, 5) is 0. The number of benzene rings is 3. The Balaban J connectivity index is 1.50. The fourth-order valence-electron chi connectivity index (χ4n) is 5.87. The van der Waals surface area contributed by atoms with Crippen molar-refractivity contribution in [2.75, 3.05) is 34.5 Å². The van der Waals surface area contributed by atoms with Gasteiger partial charge in [-0.3, -0.25) is 0 Å². The Hall–Kier alpha value is -3.46. The van der Waals surface area contributed by atoms with Gasteiger partial charge in [0, 0.05) is 48.7 Å². The van der Waals surface area contributed by atoms with Crippen LogP contribution >= 0.6 is 0 Å². The first kappa shape index (κ1) is 27.1. The topological polar surface area (TPSA) is 107 Å². The van der Waals surface area contributed by atoms with Gasteiger partial charge in [0.1, 0.15) is 34.9 Å². The van der Waals surface area contributed by atoms with Gasteiger partial charge in [0.05, 0.1) is 33.0 Å². The number of rotatable bonds is 9. The van der Waals surface area contributed by atoms with Gasteiger partial charge in [0.25, 0.3) is 0 Å². The minimum Gasteiger partial charge on any atom is -0.508 e. The molecule has 5 rings (SSSR count). The molecule has 0 saturated heterocycles. The molecule has 5 atom stereocenters.